The lowest BCUT2D eigenvalue weighted by molar-refractivity contribution is -0.140. The zero-order chi connectivity index (χ0) is 27.0. The third-order valence-corrected chi connectivity index (χ3v) is 8.32. The molecule has 3 unspecified atom stereocenters. The molecular weight excluding hydrogens is 558 g/mol. The number of nitrogens with zero attached hydrogens (tertiary/aromatic N) is 1. The smallest absolute Gasteiger partial charge is 0.250 e. The lowest BCUT2D eigenvalue weighted by Crippen LogP contribution is -2.54. The molecule has 2 aromatic rings. The number of aliphatic hydroxyl groups excluding tert-OH is 1. The summed E-state index contributed by atoms with van der Waals surface area (Å²) in [5, 5.41) is 15.5. The highest BCUT2D eigenvalue weighted by Crippen LogP contribution is 2.60. The number of likely N-dealkylation sites (tertiary alicyclic amines) is 1. The van der Waals surface area contributed by atoms with Crippen LogP contribution in [0.25, 0.3) is 0 Å². The number of amides is 3. The maximum Gasteiger partial charge on any atom is 0.250 e. The Bertz CT molecular complexity index is 1210. The number of ether oxygens (including phenoxy) is 3. The summed E-state index contributed by atoms with van der Waals surface area (Å²) in [6.45, 7) is 2.04. The molecule has 3 N–H and O–H groups in total. The zero-order valence-corrected chi connectivity index (χ0v) is 22.6. The van der Waals surface area contributed by atoms with E-state index in [2.05, 4.69) is 26.6 Å². The summed E-state index contributed by atoms with van der Waals surface area (Å²) in [4.78, 5) is 42.1. The molecule has 202 valence electrons. The van der Waals surface area contributed by atoms with Crippen molar-refractivity contribution in [3.63, 3.8) is 0 Å². The highest BCUT2D eigenvalue weighted by Gasteiger charge is 2.76. The Morgan fingerprint density at radius 1 is 1.08 bits per heavy atom. The fraction of sp³-hybridized carbons (Fsp3) is 0.444. The standard InChI is InChI=1S/C27H30BrN3O7/c1-3-37-18-10-6-15(7-11-18)29-24(33)20-21-26(35)31(12-13-32)23(27(21)14-19(28)22(20)38-27)25(34)30-16-4-8-17(36-2)9-5-16/h4-11,19-23,32H,3,12-14H2,1-2H3,(H,29,33)(H,30,34)/t19?,20-,21-,22-,23?,27?/m0/s1. The molecule has 0 saturated carbocycles. The second kappa shape index (κ2) is 10.5. The molecule has 0 aliphatic carbocycles. The molecule has 6 atom stereocenters. The van der Waals surface area contributed by atoms with Crippen LogP contribution < -0.4 is 20.1 Å². The van der Waals surface area contributed by atoms with Gasteiger partial charge in [-0.2, -0.15) is 0 Å². The van der Waals surface area contributed by atoms with E-state index < -0.39 is 35.5 Å². The minimum Gasteiger partial charge on any atom is -0.497 e. The van der Waals surface area contributed by atoms with Gasteiger partial charge >= 0.3 is 0 Å². The summed E-state index contributed by atoms with van der Waals surface area (Å²) in [6, 6.07) is 12.8. The second-order valence-electron chi connectivity index (χ2n) is 9.58. The lowest BCUT2D eigenvalue weighted by atomic mass is 9.70. The van der Waals surface area contributed by atoms with Crippen molar-refractivity contribution in [3.05, 3.63) is 48.5 Å². The molecule has 11 heteroatoms. The highest BCUT2D eigenvalue weighted by molar-refractivity contribution is 9.09. The number of carbonyl (C=O) groups excluding carboxylic acids is 3. The van der Waals surface area contributed by atoms with E-state index in [1.807, 2.05) is 6.92 Å². The minimum atomic E-state index is -1.21. The summed E-state index contributed by atoms with van der Waals surface area (Å²) < 4.78 is 17.1. The number of anilines is 2. The first-order valence-electron chi connectivity index (χ1n) is 12.5. The Kier molecular flexibility index (Phi) is 7.34. The van der Waals surface area contributed by atoms with Gasteiger partial charge in [-0.1, -0.05) is 15.9 Å². The van der Waals surface area contributed by atoms with Gasteiger partial charge in [0, 0.05) is 22.7 Å². The summed E-state index contributed by atoms with van der Waals surface area (Å²) >= 11 is 3.64. The Balaban J connectivity index is 1.42. The minimum absolute atomic E-state index is 0.0496. The fourth-order valence-electron chi connectivity index (χ4n) is 5.99. The predicted octanol–water partition coefficient (Wildman–Crippen LogP) is 2.41. The van der Waals surface area contributed by atoms with Gasteiger partial charge in [-0.25, -0.2) is 0 Å². The van der Waals surface area contributed by atoms with Crippen LogP contribution in [0.5, 0.6) is 11.5 Å². The first kappa shape index (κ1) is 26.5. The summed E-state index contributed by atoms with van der Waals surface area (Å²) in [5.41, 5.74) is -0.115. The van der Waals surface area contributed by atoms with Crippen LogP contribution in [0.2, 0.25) is 0 Å². The van der Waals surface area contributed by atoms with Crippen LogP contribution >= 0.6 is 15.9 Å². The van der Waals surface area contributed by atoms with Gasteiger partial charge in [0.2, 0.25) is 17.7 Å². The summed E-state index contributed by atoms with van der Waals surface area (Å²) in [6.07, 6.45) is -0.206. The van der Waals surface area contributed by atoms with Gasteiger partial charge in [0.15, 0.2) is 0 Å². The number of hydrogen-bond donors (Lipinski definition) is 3. The van der Waals surface area contributed by atoms with E-state index in [1.165, 1.54) is 4.90 Å². The van der Waals surface area contributed by atoms with Crippen LogP contribution in [0.1, 0.15) is 13.3 Å². The van der Waals surface area contributed by atoms with Gasteiger partial charge in [0.05, 0.1) is 38.3 Å². The normalized spacial score (nSPS) is 29.2. The van der Waals surface area contributed by atoms with E-state index in [1.54, 1.807) is 55.6 Å². The lowest BCUT2D eigenvalue weighted by Gasteiger charge is -2.34. The van der Waals surface area contributed by atoms with Crippen LogP contribution in [0.4, 0.5) is 11.4 Å². The van der Waals surface area contributed by atoms with Crippen molar-refractivity contribution < 1.29 is 33.7 Å². The van der Waals surface area contributed by atoms with Crippen LogP contribution in [0, 0.1) is 11.8 Å². The van der Waals surface area contributed by atoms with Crippen LogP contribution in [0.3, 0.4) is 0 Å². The molecule has 2 aromatic carbocycles. The van der Waals surface area contributed by atoms with Crippen molar-refractivity contribution in [3.8, 4) is 11.5 Å². The number of hydrogen-bond acceptors (Lipinski definition) is 7. The zero-order valence-electron chi connectivity index (χ0n) is 21.1. The van der Waals surface area contributed by atoms with Crippen molar-refractivity contribution in [2.45, 2.75) is 35.9 Å². The third-order valence-electron chi connectivity index (χ3n) is 7.47. The van der Waals surface area contributed by atoms with E-state index >= 15 is 0 Å². The molecule has 3 fully saturated rings. The number of β-amino-alcohol motifs (C(OH)–C–C–N with tert-alkyl or cyclic N) is 1. The van der Waals surface area contributed by atoms with Gasteiger partial charge in [-0.15, -0.1) is 0 Å². The molecule has 3 saturated heterocycles. The Hall–Kier alpha value is -3.15. The topological polar surface area (TPSA) is 126 Å². The van der Waals surface area contributed by atoms with Crippen molar-refractivity contribution in [2.24, 2.45) is 11.8 Å². The molecule has 3 aliphatic rings. The molecule has 2 bridgehead atoms. The number of rotatable bonds is 9. The molecule has 5 rings (SSSR count). The molecule has 0 aromatic heterocycles. The van der Waals surface area contributed by atoms with Gasteiger partial charge in [0.25, 0.3) is 0 Å². The van der Waals surface area contributed by atoms with E-state index in [-0.39, 0.29) is 29.8 Å². The maximum atomic E-state index is 13.7. The molecular formula is C27H30BrN3O7. The number of fused-ring (bicyclic) bond motifs is 1. The number of methoxy groups -OCH3 is 1. The van der Waals surface area contributed by atoms with Crippen LogP contribution in [0.15, 0.2) is 48.5 Å². The molecule has 0 radical (unpaired) electrons. The predicted molar refractivity (Wildman–Crippen MR) is 142 cm³/mol. The average molecular weight is 588 g/mol. The molecule has 1 spiro atoms. The SMILES string of the molecule is CCOc1ccc(NC(=O)[C@H]2[C@H]3C(=O)N(CCO)C(C(=O)Nc4ccc(OC)cc4)C34CC(Br)[C@@H]2O4)cc1. The van der Waals surface area contributed by atoms with Crippen molar-refractivity contribution in [2.75, 3.05) is 37.5 Å². The summed E-state index contributed by atoms with van der Waals surface area (Å²) in [5.74, 6) is -1.52. The van der Waals surface area contributed by atoms with Crippen molar-refractivity contribution in [1.29, 1.82) is 0 Å². The summed E-state index contributed by atoms with van der Waals surface area (Å²) in [7, 11) is 1.55. The Morgan fingerprint density at radius 2 is 1.68 bits per heavy atom. The number of nitrogens with one attached hydrogen (secondary N) is 2. The first-order valence-corrected chi connectivity index (χ1v) is 13.5. The van der Waals surface area contributed by atoms with Gasteiger partial charge in [-0.05, 0) is 61.9 Å². The molecule has 3 heterocycles. The number of benzene rings is 2. The molecule has 10 nitrogen and oxygen atoms in total. The number of alkyl halides is 1. The Labute approximate surface area is 228 Å². The third kappa shape index (κ3) is 4.42. The van der Waals surface area contributed by atoms with Crippen LogP contribution in [-0.4, -0.2) is 77.2 Å². The molecule has 38 heavy (non-hydrogen) atoms. The van der Waals surface area contributed by atoms with Crippen LogP contribution in [-0.2, 0) is 19.1 Å². The van der Waals surface area contributed by atoms with E-state index in [0.717, 1.165) is 0 Å². The maximum absolute atomic E-state index is 13.7. The molecule has 3 amide bonds. The van der Waals surface area contributed by atoms with Gasteiger partial charge < -0.3 is 34.9 Å². The van der Waals surface area contributed by atoms with Crippen molar-refractivity contribution in [1.82, 2.24) is 4.90 Å². The number of aliphatic hydroxyl groups is 1. The number of halogens is 1. The number of carbonyl (C=O) groups is 3. The monoisotopic (exact) mass is 587 g/mol. The quantitative estimate of drug-likeness (QED) is 0.384. The van der Waals surface area contributed by atoms with Gasteiger partial charge in [-0.3, -0.25) is 14.4 Å². The van der Waals surface area contributed by atoms with Gasteiger partial charge in [0.1, 0.15) is 23.1 Å². The second-order valence-corrected chi connectivity index (χ2v) is 10.8. The van der Waals surface area contributed by atoms with E-state index in [4.69, 9.17) is 14.2 Å². The van der Waals surface area contributed by atoms with E-state index in [0.29, 0.717) is 35.9 Å². The largest absolute Gasteiger partial charge is 0.497 e. The highest BCUT2D eigenvalue weighted by atomic mass is 79.9. The van der Waals surface area contributed by atoms with Crippen molar-refractivity contribution >= 4 is 45.0 Å². The first-order chi connectivity index (χ1) is 18.3. The van der Waals surface area contributed by atoms with E-state index in [9.17, 15) is 19.5 Å². The fourth-order valence-corrected chi connectivity index (χ4v) is 6.93. The Morgan fingerprint density at radius 3 is 2.26 bits per heavy atom. The average Bonchev–Trinajstić information content (AvgIpc) is 3.49. The molecule has 3 aliphatic heterocycles.